The Balaban J connectivity index is 1.96. The van der Waals surface area contributed by atoms with Crippen molar-refractivity contribution in [2.24, 2.45) is 5.41 Å². The van der Waals surface area contributed by atoms with E-state index in [2.05, 4.69) is 12.2 Å². The van der Waals surface area contributed by atoms with Crippen LogP contribution in [0.1, 0.15) is 39.0 Å². The van der Waals surface area contributed by atoms with E-state index in [4.69, 9.17) is 0 Å². The first-order chi connectivity index (χ1) is 7.05. The van der Waals surface area contributed by atoms with Crippen molar-refractivity contribution < 1.29 is 8.42 Å². The number of hydrogen-bond acceptors (Lipinski definition) is 3. The molecule has 2 rings (SSSR count). The van der Waals surface area contributed by atoms with Gasteiger partial charge in [0, 0.05) is 12.6 Å². The van der Waals surface area contributed by atoms with Crippen LogP contribution in [0.15, 0.2) is 0 Å². The fourth-order valence-electron chi connectivity index (χ4n) is 2.59. The van der Waals surface area contributed by atoms with Crippen LogP contribution in [0.5, 0.6) is 0 Å². The summed E-state index contributed by atoms with van der Waals surface area (Å²) in [5.74, 6) is 0.812. The first-order valence-electron chi connectivity index (χ1n) is 5.99. The third-order valence-corrected chi connectivity index (χ3v) is 5.47. The Morgan fingerprint density at radius 1 is 1.40 bits per heavy atom. The molecule has 0 aromatic heterocycles. The van der Waals surface area contributed by atoms with Gasteiger partial charge in [-0.25, -0.2) is 8.42 Å². The lowest BCUT2D eigenvalue weighted by molar-refractivity contribution is 0.285. The van der Waals surface area contributed by atoms with Crippen LogP contribution in [0.25, 0.3) is 0 Å². The summed E-state index contributed by atoms with van der Waals surface area (Å²) in [5.41, 5.74) is 0.0518. The minimum Gasteiger partial charge on any atom is -0.313 e. The molecule has 15 heavy (non-hydrogen) atoms. The fraction of sp³-hybridized carbons (Fsp3) is 1.00. The Morgan fingerprint density at radius 3 is 2.60 bits per heavy atom. The predicted octanol–water partition coefficient (Wildman–Crippen LogP) is 1.34. The minimum absolute atomic E-state index is 0.0518. The lowest BCUT2D eigenvalue weighted by Gasteiger charge is -2.27. The van der Waals surface area contributed by atoms with E-state index in [1.54, 1.807) is 0 Å². The maximum atomic E-state index is 11.6. The second-order valence-electron chi connectivity index (χ2n) is 5.25. The summed E-state index contributed by atoms with van der Waals surface area (Å²) in [6.07, 6.45) is 5.54. The molecule has 0 spiro atoms. The molecular weight excluding hydrogens is 210 g/mol. The van der Waals surface area contributed by atoms with Gasteiger partial charge in [-0.2, -0.15) is 0 Å². The van der Waals surface area contributed by atoms with Gasteiger partial charge in [0.1, 0.15) is 0 Å². The Bertz CT molecular complexity index is 321. The molecule has 2 fully saturated rings. The van der Waals surface area contributed by atoms with Gasteiger partial charge in [-0.05, 0) is 31.1 Å². The molecule has 1 heterocycles. The van der Waals surface area contributed by atoms with Crippen molar-refractivity contribution in [3.8, 4) is 0 Å². The van der Waals surface area contributed by atoms with E-state index < -0.39 is 9.84 Å². The molecule has 1 saturated carbocycles. The molecule has 3 nitrogen and oxygen atoms in total. The highest BCUT2D eigenvalue weighted by Gasteiger charge is 2.41. The molecule has 1 N–H and O–H groups in total. The van der Waals surface area contributed by atoms with Crippen LogP contribution in [0.4, 0.5) is 0 Å². The van der Waals surface area contributed by atoms with Crippen molar-refractivity contribution in [1.29, 1.82) is 0 Å². The summed E-state index contributed by atoms with van der Waals surface area (Å²) in [6, 6.07) is 0.682. The average Bonchev–Trinajstić information content (AvgIpc) is 2.91. The summed E-state index contributed by atoms with van der Waals surface area (Å²) >= 11 is 0. The number of rotatable bonds is 5. The van der Waals surface area contributed by atoms with Crippen LogP contribution in [-0.4, -0.2) is 32.5 Å². The summed E-state index contributed by atoms with van der Waals surface area (Å²) in [5, 5.41) is 3.50. The van der Waals surface area contributed by atoms with Gasteiger partial charge >= 0.3 is 0 Å². The van der Waals surface area contributed by atoms with Crippen LogP contribution >= 0.6 is 0 Å². The van der Waals surface area contributed by atoms with Crippen molar-refractivity contribution >= 4 is 9.84 Å². The molecule has 1 aliphatic heterocycles. The summed E-state index contributed by atoms with van der Waals surface area (Å²) in [4.78, 5) is 0. The molecule has 0 radical (unpaired) electrons. The number of hydrogen-bond donors (Lipinski definition) is 1. The highest BCUT2D eigenvalue weighted by Crippen LogP contribution is 2.37. The first-order valence-corrected chi connectivity index (χ1v) is 7.81. The molecule has 88 valence electrons. The van der Waals surface area contributed by atoms with Crippen molar-refractivity contribution in [3.63, 3.8) is 0 Å². The molecule has 1 unspecified atom stereocenters. The maximum absolute atomic E-state index is 11.6. The fourth-order valence-corrected chi connectivity index (χ4v) is 4.80. The molecule has 0 amide bonds. The average molecular weight is 231 g/mol. The molecule has 1 aliphatic carbocycles. The van der Waals surface area contributed by atoms with Crippen molar-refractivity contribution in [1.82, 2.24) is 5.32 Å². The van der Waals surface area contributed by atoms with E-state index in [1.807, 2.05) is 0 Å². The highest BCUT2D eigenvalue weighted by atomic mass is 32.2. The topological polar surface area (TPSA) is 46.2 Å². The van der Waals surface area contributed by atoms with E-state index in [9.17, 15) is 8.42 Å². The van der Waals surface area contributed by atoms with Crippen LogP contribution in [-0.2, 0) is 9.84 Å². The predicted molar refractivity (Wildman–Crippen MR) is 61.6 cm³/mol. The van der Waals surface area contributed by atoms with Crippen molar-refractivity contribution in [3.05, 3.63) is 0 Å². The smallest absolute Gasteiger partial charge is 0.150 e. The van der Waals surface area contributed by atoms with E-state index in [-0.39, 0.29) is 5.41 Å². The third-order valence-electron chi connectivity index (χ3n) is 3.59. The van der Waals surface area contributed by atoms with Gasteiger partial charge in [0.25, 0.3) is 0 Å². The highest BCUT2D eigenvalue weighted by molar-refractivity contribution is 7.91. The Kier molecular flexibility index (Phi) is 3.08. The van der Waals surface area contributed by atoms with Crippen LogP contribution in [0.2, 0.25) is 0 Å². The quantitative estimate of drug-likeness (QED) is 0.777. The largest absolute Gasteiger partial charge is 0.313 e. The molecule has 0 aromatic rings. The normalized spacial score (nSPS) is 34.5. The maximum Gasteiger partial charge on any atom is 0.150 e. The van der Waals surface area contributed by atoms with Gasteiger partial charge in [0.15, 0.2) is 9.84 Å². The summed E-state index contributed by atoms with van der Waals surface area (Å²) in [6.45, 7) is 3.05. The molecule has 4 heteroatoms. The SMILES string of the molecule is CCCC1(CNC2CC2)CCS(=O)(=O)C1. The number of nitrogens with one attached hydrogen (secondary N) is 1. The lowest BCUT2D eigenvalue weighted by Crippen LogP contribution is -2.36. The van der Waals surface area contributed by atoms with E-state index in [0.29, 0.717) is 17.5 Å². The van der Waals surface area contributed by atoms with Crippen molar-refractivity contribution in [2.45, 2.75) is 45.1 Å². The zero-order valence-corrected chi connectivity index (χ0v) is 10.3. The molecular formula is C11H21NO2S. The third kappa shape index (κ3) is 2.94. The van der Waals surface area contributed by atoms with Gasteiger partial charge < -0.3 is 5.32 Å². The van der Waals surface area contributed by atoms with E-state index in [0.717, 1.165) is 25.8 Å². The minimum atomic E-state index is -2.74. The van der Waals surface area contributed by atoms with Crippen LogP contribution in [0, 0.1) is 5.41 Å². The number of sulfone groups is 1. The second-order valence-corrected chi connectivity index (χ2v) is 7.43. The summed E-state index contributed by atoms with van der Waals surface area (Å²) < 4.78 is 23.1. The lowest BCUT2D eigenvalue weighted by atomic mass is 9.83. The standard InChI is InChI=1S/C11H21NO2S/c1-2-5-11(8-12-10-3-4-10)6-7-15(13,14)9-11/h10,12H,2-9H2,1H3. The van der Waals surface area contributed by atoms with Gasteiger partial charge in [-0.15, -0.1) is 0 Å². The van der Waals surface area contributed by atoms with Gasteiger partial charge in [0.05, 0.1) is 11.5 Å². The first kappa shape index (κ1) is 11.4. The molecule has 0 bridgehead atoms. The van der Waals surface area contributed by atoms with Crippen LogP contribution in [0.3, 0.4) is 0 Å². The zero-order valence-electron chi connectivity index (χ0n) is 9.46. The molecule has 2 aliphatic rings. The van der Waals surface area contributed by atoms with Crippen LogP contribution < -0.4 is 5.32 Å². The van der Waals surface area contributed by atoms with E-state index >= 15 is 0 Å². The van der Waals surface area contributed by atoms with E-state index in [1.165, 1.54) is 12.8 Å². The van der Waals surface area contributed by atoms with Gasteiger partial charge in [0.2, 0.25) is 0 Å². The summed E-state index contributed by atoms with van der Waals surface area (Å²) in [7, 11) is -2.74. The monoisotopic (exact) mass is 231 g/mol. The van der Waals surface area contributed by atoms with Gasteiger partial charge in [-0.1, -0.05) is 13.3 Å². The van der Waals surface area contributed by atoms with Gasteiger partial charge in [-0.3, -0.25) is 0 Å². The second kappa shape index (κ2) is 4.06. The molecule has 0 aromatic carbocycles. The Morgan fingerprint density at radius 2 is 2.13 bits per heavy atom. The Labute approximate surface area is 92.6 Å². The Hall–Kier alpha value is -0.0900. The molecule has 1 saturated heterocycles. The zero-order chi connectivity index (χ0) is 10.9. The molecule has 1 atom stereocenters. The van der Waals surface area contributed by atoms with Crippen molar-refractivity contribution in [2.75, 3.05) is 18.1 Å².